The quantitative estimate of drug-likeness (QED) is 0.947. The van der Waals surface area contributed by atoms with Gasteiger partial charge in [0.25, 0.3) is 0 Å². The molecule has 0 spiro atoms. The van der Waals surface area contributed by atoms with Crippen molar-refractivity contribution in [2.75, 3.05) is 6.54 Å². The SMILES string of the molecule is Cc1cc(S(=O)(=O)N2CCCC2c2ccc[nH]2)ccc1F. The first-order chi connectivity index (χ1) is 10.00. The van der Waals surface area contributed by atoms with Crippen LogP contribution in [0.2, 0.25) is 0 Å². The molecule has 0 saturated carbocycles. The monoisotopic (exact) mass is 308 g/mol. The molecule has 1 N–H and O–H groups in total. The molecule has 1 saturated heterocycles. The Morgan fingerprint density at radius 1 is 1.33 bits per heavy atom. The van der Waals surface area contributed by atoms with Crippen LogP contribution in [0, 0.1) is 12.7 Å². The van der Waals surface area contributed by atoms with Crippen LogP contribution >= 0.6 is 0 Å². The Balaban J connectivity index is 1.99. The molecule has 1 aromatic carbocycles. The molecule has 1 unspecified atom stereocenters. The van der Waals surface area contributed by atoms with E-state index in [1.807, 2.05) is 12.1 Å². The maximum absolute atomic E-state index is 13.4. The molecule has 6 heteroatoms. The van der Waals surface area contributed by atoms with Gasteiger partial charge in [-0.1, -0.05) is 0 Å². The minimum absolute atomic E-state index is 0.153. The van der Waals surface area contributed by atoms with Gasteiger partial charge in [0, 0.05) is 18.4 Å². The van der Waals surface area contributed by atoms with Crippen LogP contribution in [0.3, 0.4) is 0 Å². The molecule has 112 valence electrons. The molecule has 21 heavy (non-hydrogen) atoms. The average molecular weight is 308 g/mol. The van der Waals surface area contributed by atoms with Crippen molar-refractivity contribution in [1.82, 2.24) is 9.29 Å². The Labute approximate surface area is 123 Å². The third-order valence-electron chi connectivity index (χ3n) is 3.92. The van der Waals surface area contributed by atoms with Gasteiger partial charge in [-0.25, -0.2) is 12.8 Å². The lowest BCUT2D eigenvalue weighted by molar-refractivity contribution is 0.391. The first-order valence-corrected chi connectivity index (χ1v) is 8.35. The van der Waals surface area contributed by atoms with Crippen molar-refractivity contribution in [3.05, 3.63) is 53.6 Å². The standard InChI is InChI=1S/C15H17FN2O2S/c1-11-10-12(6-7-13(11)16)21(19,20)18-9-3-5-15(18)14-4-2-8-17-14/h2,4,6-8,10,15,17H,3,5,9H2,1H3. The van der Waals surface area contributed by atoms with E-state index < -0.39 is 15.8 Å². The molecule has 0 bridgehead atoms. The summed E-state index contributed by atoms with van der Waals surface area (Å²) in [5, 5.41) is 0. The third-order valence-corrected chi connectivity index (χ3v) is 5.82. The number of hydrogen-bond acceptors (Lipinski definition) is 2. The fraction of sp³-hybridized carbons (Fsp3) is 0.333. The molecule has 0 amide bonds. The van der Waals surface area contributed by atoms with Crippen molar-refractivity contribution >= 4 is 10.0 Å². The van der Waals surface area contributed by atoms with Crippen molar-refractivity contribution in [2.24, 2.45) is 0 Å². The number of aromatic amines is 1. The highest BCUT2D eigenvalue weighted by molar-refractivity contribution is 7.89. The number of H-pyrrole nitrogens is 1. The molecule has 1 aromatic heterocycles. The highest BCUT2D eigenvalue weighted by Gasteiger charge is 2.36. The van der Waals surface area contributed by atoms with Gasteiger partial charge in [-0.3, -0.25) is 0 Å². The molecular formula is C15H17FN2O2S. The molecule has 4 nitrogen and oxygen atoms in total. The number of hydrogen-bond donors (Lipinski definition) is 1. The highest BCUT2D eigenvalue weighted by atomic mass is 32.2. The minimum atomic E-state index is -3.61. The normalized spacial score (nSPS) is 20.0. The van der Waals surface area contributed by atoms with Gasteiger partial charge in [0.2, 0.25) is 10.0 Å². The molecular weight excluding hydrogens is 291 g/mol. The van der Waals surface area contributed by atoms with Crippen LogP contribution in [0.1, 0.15) is 30.1 Å². The summed E-state index contributed by atoms with van der Waals surface area (Å²) in [4.78, 5) is 3.24. The molecule has 1 fully saturated rings. The summed E-state index contributed by atoms with van der Waals surface area (Å²) in [6.45, 7) is 2.06. The molecule has 2 aromatic rings. The minimum Gasteiger partial charge on any atom is -0.364 e. The molecule has 1 aliphatic rings. The van der Waals surface area contributed by atoms with Crippen molar-refractivity contribution in [3.63, 3.8) is 0 Å². The molecule has 3 rings (SSSR count). The third kappa shape index (κ3) is 2.49. The van der Waals surface area contributed by atoms with Gasteiger partial charge < -0.3 is 4.98 Å². The molecule has 1 aliphatic heterocycles. The number of sulfonamides is 1. The lowest BCUT2D eigenvalue weighted by Crippen LogP contribution is -2.31. The summed E-state index contributed by atoms with van der Waals surface area (Å²) in [6.07, 6.45) is 3.41. The molecule has 0 aliphatic carbocycles. The molecule has 1 atom stereocenters. The van der Waals surface area contributed by atoms with Crippen LogP contribution in [0.4, 0.5) is 4.39 Å². The van der Waals surface area contributed by atoms with E-state index in [0.717, 1.165) is 18.5 Å². The van der Waals surface area contributed by atoms with Crippen LogP contribution in [0.25, 0.3) is 0 Å². The second kappa shape index (κ2) is 5.27. The smallest absolute Gasteiger partial charge is 0.243 e. The predicted molar refractivity (Wildman–Crippen MR) is 77.8 cm³/mol. The highest BCUT2D eigenvalue weighted by Crippen LogP contribution is 2.35. The van der Waals surface area contributed by atoms with Crippen LogP contribution in [-0.2, 0) is 10.0 Å². The summed E-state index contributed by atoms with van der Waals surface area (Å²) in [5.41, 5.74) is 1.24. The first-order valence-electron chi connectivity index (χ1n) is 6.91. The number of aromatic nitrogens is 1. The zero-order valence-electron chi connectivity index (χ0n) is 11.7. The van der Waals surface area contributed by atoms with Gasteiger partial charge in [0.1, 0.15) is 5.82 Å². The van der Waals surface area contributed by atoms with E-state index in [1.165, 1.54) is 22.5 Å². The topological polar surface area (TPSA) is 53.2 Å². The number of aryl methyl sites for hydroxylation is 1. The molecule has 0 radical (unpaired) electrons. The predicted octanol–water partition coefficient (Wildman–Crippen LogP) is 2.99. The fourth-order valence-electron chi connectivity index (χ4n) is 2.80. The summed E-state index contributed by atoms with van der Waals surface area (Å²) in [7, 11) is -3.61. The lowest BCUT2D eigenvalue weighted by atomic mass is 10.2. The lowest BCUT2D eigenvalue weighted by Gasteiger charge is -2.23. The fourth-order valence-corrected chi connectivity index (χ4v) is 4.56. The zero-order chi connectivity index (χ0) is 15.0. The average Bonchev–Trinajstić information content (AvgIpc) is 3.11. The van der Waals surface area contributed by atoms with Crippen LogP contribution in [-0.4, -0.2) is 24.3 Å². The Morgan fingerprint density at radius 3 is 2.81 bits per heavy atom. The van der Waals surface area contributed by atoms with Crippen LogP contribution in [0.15, 0.2) is 41.4 Å². The first kappa shape index (κ1) is 14.3. The molecule has 2 heterocycles. The van der Waals surface area contributed by atoms with Gasteiger partial charge in [-0.2, -0.15) is 4.31 Å². The second-order valence-corrected chi connectivity index (χ2v) is 7.20. The van der Waals surface area contributed by atoms with Gasteiger partial charge in [0.15, 0.2) is 0 Å². The largest absolute Gasteiger partial charge is 0.364 e. The zero-order valence-corrected chi connectivity index (χ0v) is 12.5. The van der Waals surface area contributed by atoms with Crippen molar-refractivity contribution < 1.29 is 12.8 Å². The van der Waals surface area contributed by atoms with Crippen molar-refractivity contribution in [3.8, 4) is 0 Å². The van der Waals surface area contributed by atoms with Crippen LogP contribution < -0.4 is 0 Å². The summed E-state index contributed by atoms with van der Waals surface area (Å²) in [5.74, 6) is -0.392. The van der Waals surface area contributed by atoms with E-state index in [0.29, 0.717) is 12.1 Å². The number of rotatable bonds is 3. The van der Waals surface area contributed by atoms with Crippen molar-refractivity contribution in [1.29, 1.82) is 0 Å². The van der Waals surface area contributed by atoms with Gasteiger partial charge in [-0.05, 0) is 55.7 Å². The van der Waals surface area contributed by atoms with E-state index >= 15 is 0 Å². The van der Waals surface area contributed by atoms with E-state index in [2.05, 4.69) is 4.98 Å². The van der Waals surface area contributed by atoms with E-state index in [1.54, 1.807) is 13.1 Å². The van der Waals surface area contributed by atoms with Gasteiger partial charge >= 0.3 is 0 Å². The van der Waals surface area contributed by atoms with Crippen molar-refractivity contribution in [2.45, 2.75) is 30.7 Å². The van der Waals surface area contributed by atoms with E-state index in [4.69, 9.17) is 0 Å². The number of halogens is 1. The van der Waals surface area contributed by atoms with Crippen LogP contribution in [0.5, 0.6) is 0 Å². The van der Waals surface area contributed by atoms with Gasteiger partial charge in [0.05, 0.1) is 10.9 Å². The maximum atomic E-state index is 13.4. The number of benzene rings is 1. The van der Waals surface area contributed by atoms with E-state index in [9.17, 15) is 12.8 Å². The second-order valence-electron chi connectivity index (χ2n) is 5.31. The Bertz CT molecular complexity index is 741. The Morgan fingerprint density at radius 2 is 2.14 bits per heavy atom. The van der Waals surface area contributed by atoms with E-state index in [-0.39, 0.29) is 10.9 Å². The summed E-state index contributed by atoms with van der Waals surface area (Å²) in [6, 6.07) is 7.53. The Hall–Kier alpha value is -1.66. The summed E-state index contributed by atoms with van der Waals surface area (Å²) >= 11 is 0. The summed E-state index contributed by atoms with van der Waals surface area (Å²) < 4.78 is 40.4. The number of nitrogens with one attached hydrogen (secondary N) is 1. The number of nitrogens with zero attached hydrogens (tertiary/aromatic N) is 1. The maximum Gasteiger partial charge on any atom is 0.243 e. The van der Waals surface area contributed by atoms with Gasteiger partial charge in [-0.15, -0.1) is 0 Å². The Kier molecular flexibility index (Phi) is 3.59.